The molecule has 0 radical (unpaired) electrons. The molecule has 0 saturated carbocycles. The number of nitrogens with one attached hydrogen (secondary N) is 4. The molecule has 16 heteroatoms. The summed E-state index contributed by atoms with van der Waals surface area (Å²) in [4.78, 5) is 94.2. The molecule has 0 spiro atoms. The number of carbonyl (C=O) groups is 8. The van der Waals surface area contributed by atoms with Gasteiger partial charge < -0.3 is 41.7 Å². The third-order valence-electron chi connectivity index (χ3n) is 5.17. The van der Waals surface area contributed by atoms with Gasteiger partial charge in [-0.05, 0) is 25.7 Å². The number of hydrogen-bond donors (Lipinski definition) is 8. The molecule has 0 unspecified atom stereocenters. The molecule has 200 valence electrons. The molecular formula is C20H28N4O12. The largest absolute Gasteiger partial charge is 0.480 e. The summed E-state index contributed by atoms with van der Waals surface area (Å²) in [6, 6.07) is -6.13. The summed E-state index contributed by atoms with van der Waals surface area (Å²) in [5.41, 5.74) is 0. The third kappa shape index (κ3) is 10.8. The van der Waals surface area contributed by atoms with Crippen LogP contribution >= 0.6 is 0 Å². The molecule has 1 heterocycles. The van der Waals surface area contributed by atoms with Gasteiger partial charge in [-0.3, -0.25) is 19.2 Å². The fraction of sp³-hybridized carbons (Fsp3) is 0.600. The van der Waals surface area contributed by atoms with Crippen LogP contribution in [-0.2, 0) is 38.4 Å². The van der Waals surface area contributed by atoms with Crippen LogP contribution in [0.2, 0.25) is 0 Å². The maximum absolute atomic E-state index is 12.1. The molecular weight excluding hydrogens is 488 g/mol. The van der Waals surface area contributed by atoms with Crippen molar-refractivity contribution in [3.05, 3.63) is 0 Å². The highest BCUT2D eigenvalue weighted by molar-refractivity contribution is 5.88. The molecule has 4 amide bonds. The van der Waals surface area contributed by atoms with Crippen molar-refractivity contribution in [2.75, 3.05) is 0 Å². The molecule has 16 nitrogen and oxygen atoms in total. The molecule has 8 N–H and O–H groups in total. The second kappa shape index (κ2) is 14.2. The zero-order valence-corrected chi connectivity index (χ0v) is 19.0. The van der Waals surface area contributed by atoms with Crippen molar-refractivity contribution in [1.29, 1.82) is 0 Å². The van der Waals surface area contributed by atoms with E-state index < -0.39 is 123 Å². The lowest BCUT2D eigenvalue weighted by molar-refractivity contribution is -0.144. The zero-order chi connectivity index (χ0) is 27.4. The fourth-order valence-electron chi connectivity index (χ4n) is 3.20. The fourth-order valence-corrected chi connectivity index (χ4v) is 3.20. The lowest BCUT2D eigenvalue weighted by Gasteiger charge is -2.19. The van der Waals surface area contributed by atoms with Crippen LogP contribution in [0.1, 0.15) is 51.4 Å². The molecule has 0 bridgehead atoms. The smallest absolute Gasteiger partial charge is 0.326 e. The number of carbonyl (C=O) groups excluding carboxylic acids is 4. The summed E-state index contributed by atoms with van der Waals surface area (Å²) in [6.07, 6.45) is -3.66. The van der Waals surface area contributed by atoms with Crippen LogP contribution in [0.25, 0.3) is 0 Å². The molecule has 1 rings (SSSR count). The van der Waals surface area contributed by atoms with Crippen LogP contribution in [0, 0.1) is 0 Å². The molecule has 1 aliphatic rings. The Morgan fingerprint density at radius 2 is 0.611 bits per heavy atom. The van der Waals surface area contributed by atoms with Crippen molar-refractivity contribution in [1.82, 2.24) is 21.3 Å². The van der Waals surface area contributed by atoms with Gasteiger partial charge in [0.15, 0.2) is 0 Å². The minimum atomic E-state index is -1.53. The van der Waals surface area contributed by atoms with E-state index in [1.165, 1.54) is 0 Å². The van der Waals surface area contributed by atoms with Crippen LogP contribution in [0.5, 0.6) is 0 Å². The van der Waals surface area contributed by atoms with E-state index in [0.717, 1.165) is 0 Å². The molecule has 0 aromatic rings. The van der Waals surface area contributed by atoms with Crippen LogP contribution in [0.15, 0.2) is 0 Å². The Balaban J connectivity index is 3.08. The first-order chi connectivity index (χ1) is 16.8. The first-order valence-corrected chi connectivity index (χ1v) is 10.9. The van der Waals surface area contributed by atoms with E-state index in [-0.39, 0.29) is 0 Å². The number of carboxylic acids is 4. The molecule has 0 aromatic carbocycles. The van der Waals surface area contributed by atoms with Crippen molar-refractivity contribution < 1.29 is 58.8 Å². The van der Waals surface area contributed by atoms with Crippen LogP contribution in [0.3, 0.4) is 0 Å². The summed E-state index contributed by atoms with van der Waals surface area (Å²) in [5, 5.41) is 45.7. The lowest BCUT2D eigenvalue weighted by atomic mass is 10.1. The third-order valence-corrected chi connectivity index (χ3v) is 5.17. The summed E-state index contributed by atoms with van der Waals surface area (Å²) in [5.74, 6) is -9.41. The highest BCUT2D eigenvalue weighted by atomic mass is 16.4. The summed E-state index contributed by atoms with van der Waals surface area (Å²) < 4.78 is 0. The van der Waals surface area contributed by atoms with E-state index in [0.29, 0.717) is 0 Å². The Hall–Kier alpha value is -4.24. The number of carboxylic acid groups (broad SMARTS) is 4. The maximum atomic E-state index is 12.1. The Morgan fingerprint density at radius 1 is 0.444 bits per heavy atom. The zero-order valence-electron chi connectivity index (χ0n) is 19.0. The molecule has 1 saturated heterocycles. The average molecular weight is 516 g/mol. The van der Waals surface area contributed by atoms with Gasteiger partial charge in [0.25, 0.3) is 0 Å². The summed E-state index contributed by atoms with van der Waals surface area (Å²) >= 11 is 0. The van der Waals surface area contributed by atoms with Gasteiger partial charge in [-0.25, -0.2) is 19.2 Å². The first-order valence-electron chi connectivity index (χ1n) is 10.9. The van der Waals surface area contributed by atoms with Crippen LogP contribution in [0.4, 0.5) is 0 Å². The monoisotopic (exact) mass is 516 g/mol. The van der Waals surface area contributed by atoms with E-state index in [1.54, 1.807) is 0 Å². The minimum Gasteiger partial charge on any atom is -0.480 e. The molecule has 0 aromatic heterocycles. The molecule has 36 heavy (non-hydrogen) atoms. The predicted octanol–water partition coefficient (Wildman–Crippen LogP) is -2.60. The predicted molar refractivity (Wildman–Crippen MR) is 115 cm³/mol. The Morgan fingerprint density at radius 3 is 0.750 bits per heavy atom. The summed E-state index contributed by atoms with van der Waals surface area (Å²) in [6.45, 7) is 0. The standard InChI is InChI=1S/C20H28N4O12/c25-13-5-1-9(17(29)30)21-14(26)6-2-11(19(33)34)23-16(28)8-4-12(20(35)36)24-15(27)7-3-10(22-13)18(31)32/h9-12H,1-8H2,(H,21,26)(H,22,25)(H,23,28)(H,24,27)(H,29,30)(H,31,32)(H,33,34)(H,35,36)/t9-,10-,11+,12+. The second-order valence-electron chi connectivity index (χ2n) is 7.99. The molecule has 4 atom stereocenters. The minimum absolute atomic E-state index is 0.418. The highest BCUT2D eigenvalue weighted by Crippen LogP contribution is 2.07. The number of amides is 4. The Kier molecular flexibility index (Phi) is 11.8. The van der Waals surface area contributed by atoms with E-state index in [4.69, 9.17) is 0 Å². The van der Waals surface area contributed by atoms with Crippen molar-refractivity contribution in [2.24, 2.45) is 0 Å². The van der Waals surface area contributed by atoms with Crippen molar-refractivity contribution in [3.8, 4) is 0 Å². The molecule has 0 aliphatic carbocycles. The topological polar surface area (TPSA) is 266 Å². The van der Waals surface area contributed by atoms with E-state index >= 15 is 0 Å². The van der Waals surface area contributed by atoms with E-state index in [9.17, 15) is 58.8 Å². The van der Waals surface area contributed by atoms with E-state index in [1.807, 2.05) is 0 Å². The van der Waals surface area contributed by atoms with Gasteiger partial charge >= 0.3 is 23.9 Å². The first kappa shape index (κ1) is 29.8. The van der Waals surface area contributed by atoms with Crippen molar-refractivity contribution in [2.45, 2.75) is 75.5 Å². The van der Waals surface area contributed by atoms with Crippen molar-refractivity contribution in [3.63, 3.8) is 0 Å². The highest BCUT2D eigenvalue weighted by Gasteiger charge is 2.28. The van der Waals surface area contributed by atoms with Gasteiger partial charge in [0, 0.05) is 25.7 Å². The number of rotatable bonds is 4. The van der Waals surface area contributed by atoms with Crippen LogP contribution < -0.4 is 21.3 Å². The Bertz CT molecular complexity index is 761. The van der Waals surface area contributed by atoms with Gasteiger partial charge in [-0.15, -0.1) is 0 Å². The molecule has 1 fully saturated rings. The van der Waals surface area contributed by atoms with Gasteiger partial charge in [-0.1, -0.05) is 0 Å². The van der Waals surface area contributed by atoms with Gasteiger partial charge in [0.2, 0.25) is 23.6 Å². The second-order valence-corrected chi connectivity index (χ2v) is 7.99. The van der Waals surface area contributed by atoms with Gasteiger partial charge in [0.1, 0.15) is 24.2 Å². The van der Waals surface area contributed by atoms with Gasteiger partial charge in [-0.2, -0.15) is 0 Å². The number of aliphatic carboxylic acids is 4. The molecule has 1 aliphatic heterocycles. The van der Waals surface area contributed by atoms with Gasteiger partial charge in [0.05, 0.1) is 0 Å². The summed E-state index contributed by atoms with van der Waals surface area (Å²) in [7, 11) is 0. The Labute approximate surface area is 203 Å². The average Bonchev–Trinajstić information content (AvgIpc) is 2.78. The van der Waals surface area contributed by atoms with Crippen molar-refractivity contribution >= 4 is 47.5 Å². The van der Waals surface area contributed by atoms with Crippen LogP contribution in [-0.4, -0.2) is 92.1 Å². The van der Waals surface area contributed by atoms with E-state index in [2.05, 4.69) is 21.3 Å². The normalized spacial score (nSPS) is 25.8. The number of hydrogen-bond acceptors (Lipinski definition) is 8. The SMILES string of the molecule is O=C1CC[C@H](C(=O)O)NC(=O)CC[C@H](C(=O)O)NC(=O)CC[C@@H](C(=O)O)NC(=O)CC[C@@H](C(=O)O)N1. The maximum Gasteiger partial charge on any atom is 0.326 e. The quantitative estimate of drug-likeness (QED) is 0.191. The lowest BCUT2D eigenvalue weighted by Crippen LogP contribution is -2.46.